The molecule has 0 aliphatic heterocycles. The van der Waals surface area contributed by atoms with Gasteiger partial charge in [0.25, 0.3) is 5.91 Å². The van der Waals surface area contributed by atoms with E-state index in [0.29, 0.717) is 23.6 Å². The van der Waals surface area contributed by atoms with Crippen LogP contribution in [0.25, 0.3) is 6.08 Å². The van der Waals surface area contributed by atoms with Crippen LogP contribution in [0.1, 0.15) is 18.1 Å². The first-order valence-electron chi connectivity index (χ1n) is 10.1. The summed E-state index contributed by atoms with van der Waals surface area (Å²) in [6, 6.07) is 21.0. The maximum atomic E-state index is 12.5. The zero-order chi connectivity index (χ0) is 23.8. The van der Waals surface area contributed by atoms with Crippen LogP contribution < -0.4 is 14.2 Å². The fraction of sp³-hybridized carbons (Fsp3) is 0.120. The van der Waals surface area contributed by atoms with Gasteiger partial charge in [-0.15, -0.1) is 0 Å². The average Bonchev–Trinajstić information content (AvgIpc) is 2.80. The molecule has 168 valence electrons. The van der Waals surface area contributed by atoms with E-state index in [1.165, 1.54) is 30.3 Å². The normalized spacial score (nSPS) is 11.4. The summed E-state index contributed by atoms with van der Waals surface area (Å²) in [7, 11) is -3.97. The molecule has 3 aromatic carbocycles. The second kappa shape index (κ2) is 10.5. The van der Waals surface area contributed by atoms with Crippen LogP contribution in [-0.4, -0.2) is 20.9 Å². The third kappa shape index (κ3) is 6.45. The molecule has 8 heteroatoms. The Kier molecular flexibility index (Phi) is 7.49. The predicted octanol–water partition coefficient (Wildman–Crippen LogP) is 4.71. The van der Waals surface area contributed by atoms with Crippen molar-refractivity contribution in [3.05, 3.63) is 89.5 Å². The van der Waals surface area contributed by atoms with Gasteiger partial charge >= 0.3 is 10.1 Å². The average molecular weight is 463 g/mol. The van der Waals surface area contributed by atoms with Gasteiger partial charge in [0.2, 0.25) is 0 Å². The first-order valence-corrected chi connectivity index (χ1v) is 11.5. The van der Waals surface area contributed by atoms with Crippen molar-refractivity contribution in [2.75, 3.05) is 11.9 Å². The summed E-state index contributed by atoms with van der Waals surface area (Å²) < 4.78 is 35.3. The zero-order valence-electron chi connectivity index (χ0n) is 18.1. The van der Waals surface area contributed by atoms with Crippen LogP contribution in [0.5, 0.6) is 11.5 Å². The highest BCUT2D eigenvalue weighted by atomic mass is 32.2. The minimum absolute atomic E-state index is 0.0507. The second-order valence-corrected chi connectivity index (χ2v) is 8.55. The smallest absolute Gasteiger partial charge is 0.339 e. The summed E-state index contributed by atoms with van der Waals surface area (Å²) >= 11 is 0. The molecule has 0 radical (unpaired) electrons. The molecular formula is C25H22N2O5S. The van der Waals surface area contributed by atoms with E-state index in [0.717, 1.165) is 5.56 Å². The lowest BCUT2D eigenvalue weighted by Gasteiger charge is -2.08. The number of benzene rings is 3. The number of amides is 1. The molecule has 0 atom stereocenters. The van der Waals surface area contributed by atoms with Crippen molar-refractivity contribution in [3.63, 3.8) is 0 Å². The standard InChI is InChI=1S/C25H22N2O5S/c1-3-31-22-12-8-21(9-13-22)27-25(28)20(17-26)16-19-6-10-23(11-7-19)32-33(29,30)24-14-4-18(2)5-15-24/h4-16H,3H2,1-2H3,(H,27,28)/b20-16+. The van der Waals surface area contributed by atoms with E-state index >= 15 is 0 Å². The molecule has 0 aliphatic rings. The summed E-state index contributed by atoms with van der Waals surface area (Å²) in [6.45, 7) is 4.27. The van der Waals surface area contributed by atoms with Crippen molar-refractivity contribution in [2.45, 2.75) is 18.7 Å². The van der Waals surface area contributed by atoms with E-state index in [2.05, 4.69) is 5.32 Å². The molecule has 3 rings (SSSR count). The summed E-state index contributed by atoms with van der Waals surface area (Å²) in [5.74, 6) is 0.229. The maximum Gasteiger partial charge on any atom is 0.339 e. The lowest BCUT2D eigenvalue weighted by molar-refractivity contribution is -0.112. The Morgan fingerprint density at radius 3 is 2.15 bits per heavy atom. The zero-order valence-corrected chi connectivity index (χ0v) is 18.9. The molecule has 0 bridgehead atoms. The molecule has 0 unspecified atom stereocenters. The van der Waals surface area contributed by atoms with E-state index in [1.54, 1.807) is 48.5 Å². The monoisotopic (exact) mass is 462 g/mol. The number of carbonyl (C=O) groups excluding carboxylic acids is 1. The number of carbonyl (C=O) groups is 1. The predicted molar refractivity (Wildman–Crippen MR) is 125 cm³/mol. The quantitative estimate of drug-likeness (QED) is 0.295. The molecule has 0 fully saturated rings. The number of hydrogen-bond acceptors (Lipinski definition) is 6. The van der Waals surface area contributed by atoms with Crippen LogP contribution in [0.4, 0.5) is 5.69 Å². The maximum absolute atomic E-state index is 12.5. The Morgan fingerprint density at radius 1 is 0.970 bits per heavy atom. The van der Waals surface area contributed by atoms with Crippen LogP contribution in [0.2, 0.25) is 0 Å². The molecule has 0 saturated carbocycles. The van der Waals surface area contributed by atoms with Crippen molar-refractivity contribution in [1.29, 1.82) is 5.26 Å². The van der Waals surface area contributed by atoms with Crippen molar-refractivity contribution in [1.82, 2.24) is 0 Å². The van der Waals surface area contributed by atoms with Crippen LogP contribution in [0, 0.1) is 18.3 Å². The number of nitrogens with one attached hydrogen (secondary N) is 1. The largest absolute Gasteiger partial charge is 0.494 e. The Labute approximate surface area is 193 Å². The van der Waals surface area contributed by atoms with E-state index in [9.17, 15) is 18.5 Å². The number of aryl methyl sites for hydroxylation is 1. The van der Waals surface area contributed by atoms with E-state index in [4.69, 9.17) is 8.92 Å². The second-order valence-electron chi connectivity index (χ2n) is 7.00. The van der Waals surface area contributed by atoms with Gasteiger partial charge in [-0.3, -0.25) is 4.79 Å². The Balaban J connectivity index is 1.69. The SMILES string of the molecule is CCOc1ccc(NC(=O)/C(C#N)=C/c2ccc(OS(=O)(=O)c3ccc(C)cc3)cc2)cc1. The summed E-state index contributed by atoms with van der Waals surface area (Å²) in [5.41, 5.74) is 1.89. The van der Waals surface area contributed by atoms with Crippen molar-refractivity contribution < 1.29 is 22.1 Å². The van der Waals surface area contributed by atoms with Gasteiger partial charge in [-0.25, -0.2) is 0 Å². The Morgan fingerprint density at radius 2 is 1.58 bits per heavy atom. The summed E-state index contributed by atoms with van der Waals surface area (Å²) in [4.78, 5) is 12.5. The highest BCUT2D eigenvalue weighted by molar-refractivity contribution is 7.87. The molecule has 0 aliphatic carbocycles. The molecule has 0 saturated heterocycles. The molecule has 0 aromatic heterocycles. The Bertz CT molecular complexity index is 1290. The summed E-state index contributed by atoms with van der Waals surface area (Å²) in [5, 5.41) is 12.1. The minimum Gasteiger partial charge on any atom is -0.494 e. The van der Waals surface area contributed by atoms with E-state index in [-0.39, 0.29) is 16.2 Å². The first-order chi connectivity index (χ1) is 15.8. The number of anilines is 1. The molecule has 0 spiro atoms. The fourth-order valence-corrected chi connectivity index (χ4v) is 3.74. The molecule has 0 heterocycles. The number of nitriles is 1. The Hall–Kier alpha value is -4.09. The third-order valence-electron chi connectivity index (χ3n) is 4.49. The van der Waals surface area contributed by atoms with E-state index in [1.807, 2.05) is 19.9 Å². The first kappa shape index (κ1) is 23.6. The van der Waals surface area contributed by atoms with Gasteiger partial charge in [0.05, 0.1) is 6.61 Å². The van der Waals surface area contributed by atoms with Gasteiger partial charge < -0.3 is 14.2 Å². The fourth-order valence-electron chi connectivity index (χ4n) is 2.81. The molecule has 1 N–H and O–H groups in total. The van der Waals surface area contributed by atoms with Crippen LogP contribution in [0.15, 0.2) is 83.3 Å². The van der Waals surface area contributed by atoms with Gasteiger partial charge in [0.1, 0.15) is 28.0 Å². The van der Waals surface area contributed by atoms with Crippen molar-refractivity contribution in [2.24, 2.45) is 0 Å². The number of hydrogen-bond donors (Lipinski definition) is 1. The van der Waals surface area contributed by atoms with Crippen molar-refractivity contribution in [3.8, 4) is 17.6 Å². The number of ether oxygens (including phenoxy) is 1. The van der Waals surface area contributed by atoms with Gasteiger partial charge in [0.15, 0.2) is 0 Å². The van der Waals surface area contributed by atoms with Gasteiger partial charge in [0, 0.05) is 5.69 Å². The van der Waals surface area contributed by atoms with Crippen LogP contribution >= 0.6 is 0 Å². The molecule has 3 aromatic rings. The van der Waals surface area contributed by atoms with E-state index < -0.39 is 16.0 Å². The van der Waals surface area contributed by atoms with Gasteiger partial charge in [-0.2, -0.15) is 13.7 Å². The van der Waals surface area contributed by atoms with Gasteiger partial charge in [-0.1, -0.05) is 29.8 Å². The third-order valence-corrected chi connectivity index (χ3v) is 5.76. The molecular weight excluding hydrogens is 440 g/mol. The minimum atomic E-state index is -3.97. The summed E-state index contributed by atoms with van der Waals surface area (Å²) in [6.07, 6.45) is 1.40. The van der Waals surface area contributed by atoms with Crippen LogP contribution in [-0.2, 0) is 14.9 Å². The highest BCUT2D eigenvalue weighted by Gasteiger charge is 2.16. The van der Waals surface area contributed by atoms with Gasteiger partial charge in [-0.05, 0) is 74.0 Å². The number of rotatable bonds is 8. The molecule has 7 nitrogen and oxygen atoms in total. The number of nitrogens with zero attached hydrogens (tertiary/aromatic N) is 1. The lowest BCUT2D eigenvalue weighted by atomic mass is 10.1. The molecule has 1 amide bonds. The van der Waals surface area contributed by atoms with Crippen LogP contribution in [0.3, 0.4) is 0 Å². The lowest BCUT2D eigenvalue weighted by Crippen LogP contribution is -2.13. The highest BCUT2D eigenvalue weighted by Crippen LogP contribution is 2.21. The topological polar surface area (TPSA) is 105 Å². The molecule has 33 heavy (non-hydrogen) atoms. The van der Waals surface area contributed by atoms with Crippen molar-refractivity contribution >= 4 is 27.8 Å².